The van der Waals surface area contributed by atoms with E-state index in [1.54, 1.807) is 21.0 Å². The van der Waals surface area contributed by atoms with Crippen molar-refractivity contribution in [1.82, 2.24) is 25.1 Å². The third-order valence-electron chi connectivity index (χ3n) is 8.82. The number of piperazine rings is 1. The molecule has 0 unspecified atom stereocenters. The van der Waals surface area contributed by atoms with Crippen LogP contribution in [0.25, 0.3) is 10.8 Å². The van der Waals surface area contributed by atoms with Crippen LogP contribution in [0.15, 0.2) is 110 Å². The minimum absolute atomic E-state index is 0.0112. The van der Waals surface area contributed by atoms with E-state index in [-0.39, 0.29) is 37.5 Å². The van der Waals surface area contributed by atoms with Crippen LogP contribution >= 0.6 is 0 Å². The Morgan fingerprint density at radius 2 is 1.63 bits per heavy atom. The molecule has 2 fully saturated rings. The molecule has 236 valence electrons. The van der Waals surface area contributed by atoms with Crippen LogP contribution in [0.4, 0.5) is 10.5 Å². The summed E-state index contributed by atoms with van der Waals surface area (Å²) in [6.45, 7) is 5.09. The van der Waals surface area contributed by atoms with Crippen LogP contribution < -0.4 is 10.2 Å². The van der Waals surface area contributed by atoms with Gasteiger partial charge in [-0.25, -0.2) is 4.79 Å². The number of hydrogen-bond acceptors (Lipinski definition) is 5. The normalized spacial score (nSPS) is 18.0. The first-order valence-electron chi connectivity index (χ1n) is 15.6. The van der Waals surface area contributed by atoms with Gasteiger partial charge in [0, 0.05) is 39.3 Å². The van der Waals surface area contributed by atoms with E-state index in [9.17, 15) is 14.4 Å². The van der Waals surface area contributed by atoms with Gasteiger partial charge in [0.15, 0.2) is 0 Å². The quantitative estimate of drug-likeness (QED) is 0.263. The lowest BCUT2D eigenvalue weighted by molar-refractivity contribution is -0.157. The van der Waals surface area contributed by atoms with Crippen molar-refractivity contribution < 1.29 is 14.4 Å². The molecule has 2 aliphatic rings. The number of anilines is 1. The van der Waals surface area contributed by atoms with Crippen molar-refractivity contribution in [3.63, 3.8) is 0 Å². The second-order valence-corrected chi connectivity index (χ2v) is 12.0. The Balaban J connectivity index is 1.32. The summed E-state index contributed by atoms with van der Waals surface area (Å²) in [6, 6.07) is 31.0. The number of hydrogen-bond donors (Lipinski definition) is 1. The number of hydrazine groups is 1. The van der Waals surface area contributed by atoms with Crippen LogP contribution in [0, 0.1) is 0 Å². The lowest BCUT2D eigenvalue weighted by Crippen LogP contribution is -2.66. The second kappa shape index (κ2) is 13.5. The zero-order chi connectivity index (χ0) is 32.2. The molecule has 0 radical (unpaired) electrons. The van der Waals surface area contributed by atoms with E-state index < -0.39 is 12.2 Å². The Morgan fingerprint density at radius 1 is 0.913 bits per heavy atom. The number of rotatable bonds is 10. The van der Waals surface area contributed by atoms with Crippen LogP contribution in [0.2, 0.25) is 0 Å². The number of nitrogens with zero attached hydrogens (tertiary/aromatic N) is 5. The Kier molecular flexibility index (Phi) is 9.03. The van der Waals surface area contributed by atoms with Crippen LogP contribution in [0.1, 0.15) is 16.7 Å². The van der Waals surface area contributed by atoms with Gasteiger partial charge in [0.1, 0.15) is 12.2 Å². The fourth-order valence-corrected chi connectivity index (χ4v) is 6.47. The monoisotopic (exact) mass is 616 g/mol. The lowest BCUT2D eigenvalue weighted by atomic mass is 9.98. The predicted molar refractivity (Wildman–Crippen MR) is 181 cm³/mol. The Bertz CT molecular complexity index is 1720. The van der Waals surface area contributed by atoms with E-state index in [0.717, 1.165) is 33.2 Å². The molecule has 2 aliphatic heterocycles. The smallest absolute Gasteiger partial charge is 0.332 e. The molecule has 2 heterocycles. The summed E-state index contributed by atoms with van der Waals surface area (Å²) in [5, 5.41) is 8.54. The maximum atomic E-state index is 14.3. The zero-order valence-electron chi connectivity index (χ0n) is 26.4. The van der Waals surface area contributed by atoms with Crippen molar-refractivity contribution >= 4 is 34.3 Å². The Hall–Kier alpha value is -5.15. The molecule has 0 bridgehead atoms. The van der Waals surface area contributed by atoms with Crippen LogP contribution in [0.3, 0.4) is 0 Å². The van der Waals surface area contributed by atoms with Crippen LogP contribution in [-0.2, 0) is 29.1 Å². The first kappa shape index (κ1) is 30.9. The summed E-state index contributed by atoms with van der Waals surface area (Å²) in [6.07, 6.45) is 1.51. The van der Waals surface area contributed by atoms with E-state index in [0.29, 0.717) is 19.5 Å². The van der Waals surface area contributed by atoms with Gasteiger partial charge in [0.25, 0.3) is 0 Å². The minimum atomic E-state index is -0.714. The van der Waals surface area contributed by atoms with Crippen LogP contribution in [0.5, 0.6) is 0 Å². The largest absolute Gasteiger partial charge is 0.378 e. The molecule has 0 aromatic heterocycles. The predicted octanol–water partition coefficient (Wildman–Crippen LogP) is 4.64. The topological polar surface area (TPSA) is 79.4 Å². The van der Waals surface area contributed by atoms with Gasteiger partial charge in [-0.15, -0.1) is 6.58 Å². The third kappa shape index (κ3) is 6.32. The standard InChI is InChI=1S/C37H40N6O3/c1-4-21-41(37(46)38-23-28-11-6-5-7-12-28)42-26-35(44)43-33(22-27-17-19-31(20-18-27)39(2)3)36(45)40(25-34(42)43)24-30-15-10-14-29-13-8-9-16-32(29)30/h4-20,33-34H,1,21-26H2,2-3H3,(H,38,46)/t33-,34+/m0/s1. The third-order valence-corrected chi connectivity index (χ3v) is 8.82. The lowest BCUT2D eigenvalue weighted by Gasteiger charge is -2.46. The summed E-state index contributed by atoms with van der Waals surface area (Å²) in [5.41, 5.74) is 4.02. The molecule has 0 aliphatic carbocycles. The van der Waals surface area contributed by atoms with Crippen molar-refractivity contribution in [2.24, 2.45) is 0 Å². The van der Waals surface area contributed by atoms with Gasteiger partial charge < -0.3 is 20.0 Å². The highest BCUT2D eigenvalue weighted by molar-refractivity contribution is 5.92. The summed E-state index contributed by atoms with van der Waals surface area (Å²) in [7, 11) is 3.97. The summed E-state index contributed by atoms with van der Waals surface area (Å²) in [4.78, 5) is 47.3. The first-order valence-corrected chi connectivity index (χ1v) is 15.6. The van der Waals surface area contributed by atoms with Gasteiger partial charge in [0.2, 0.25) is 11.8 Å². The van der Waals surface area contributed by atoms with Gasteiger partial charge in [-0.05, 0) is 39.6 Å². The summed E-state index contributed by atoms with van der Waals surface area (Å²) >= 11 is 0. The fourth-order valence-electron chi connectivity index (χ4n) is 6.47. The van der Waals surface area contributed by atoms with E-state index in [1.807, 2.05) is 96.7 Å². The average Bonchev–Trinajstić information content (AvgIpc) is 3.40. The molecular formula is C37H40N6O3. The Morgan fingerprint density at radius 3 is 2.37 bits per heavy atom. The number of carbonyl (C=O) groups is 3. The zero-order valence-corrected chi connectivity index (χ0v) is 26.4. The van der Waals surface area contributed by atoms with Crippen LogP contribution in [-0.4, -0.2) is 83.6 Å². The number of benzene rings is 4. The van der Waals surface area contributed by atoms with Crippen molar-refractivity contribution in [3.05, 3.63) is 126 Å². The van der Waals surface area contributed by atoms with E-state index in [4.69, 9.17) is 0 Å². The van der Waals surface area contributed by atoms with Gasteiger partial charge >= 0.3 is 6.03 Å². The molecule has 46 heavy (non-hydrogen) atoms. The SMILES string of the molecule is C=CCN(C(=O)NCc1ccccc1)N1CC(=O)N2[C@@H](Cc3ccc(N(C)C)cc3)C(=O)N(Cc3cccc4ccccc34)C[C@@H]21. The van der Waals surface area contributed by atoms with E-state index in [2.05, 4.69) is 36.2 Å². The second-order valence-electron chi connectivity index (χ2n) is 12.0. The van der Waals surface area contributed by atoms with Crippen molar-refractivity contribution in [3.8, 4) is 0 Å². The molecule has 4 amide bonds. The fraction of sp³-hybridized carbons (Fsp3) is 0.270. The molecule has 0 spiro atoms. The van der Waals surface area contributed by atoms with Gasteiger partial charge in [-0.2, -0.15) is 5.01 Å². The number of amides is 4. The van der Waals surface area contributed by atoms with E-state index in [1.165, 1.54) is 0 Å². The van der Waals surface area contributed by atoms with Crippen molar-refractivity contribution in [2.75, 3.05) is 38.6 Å². The molecule has 9 nitrogen and oxygen atoms in total. The summed E-state index contributed by atoms with van der Waals surface area (Å²) in [5.74, 6) is -0.275. The summed E-state index contributed by atoms with van der Waals surface area (Å²) < 4.78 is 0. The molecule has 2 atom stereocenters. The number of carbonyl (C=O) groups excluding carboxylic acids is 3. The first-order chi connectivity index (χ1) is 22.3. The molecular weight excluding hydrogens is 576 g/mol. The highest BCUT2D eigenvalue weighted by Crippen LogP contribution is 2.31. The highest BCUT2D eigenvalue weighted by Gasteiger charge is 2.52. The number of nitrogens with one attached hydrogen (secondary N) is 1. The molecule has 9 heteroatoms. The van der Waals surface area contributed by atoms with Gasteiger partial charge in [-0.3, -0.25) is 14.6 Å². The van der Waals surface area contributed by atoms with E-state index >= 15 is 0 Å². The van der Waals surface area contributed by atoms with Gasteiger partial charge in [-0.1, -0.05) is 91.0 Å². The molecule has 0 saturated carbocycles. The van der Waals surface area contributed by atoms with Crippen molar-refractivity contribution in [2.45, 2.75) is 31.7 Å². The maximum absolute atomic E-state index is 14.3. The number of urea groups is 1. The molecule has 1 N–H and O–H groups in total. The highest BCUT2D eigenvalue weighted by atomic mass is 16.2. The molecule has 2 saturated heterocycles. The molecule has 4 aromatic rings. The van der Waals surface area contributed by atoms with Gasteiger partial charge in [0.05, 0.1) is 19.6 Å². The Labute approximate surface area is 270 Å². The number of fused-ring (bicyclic) bond motifs is 2. The average molecular weight is 617 g/mol. The minimum Gasteiger partial charge on any atom is -0.378 e. The molecule has 4 aromatic carbocycles. The maximum Gasteiger partial charge on any atom is 0.332 e. The molecule has 6 rings (SSSR count). The van der Waals surface area contributed by atoms with Crippen molar-refractivity contribution in [1.29, 1.82) is 0 Å².